The first-order valence-corrected chi connectivity index (χ1v) is 4.34. The van der Waals surface area contributed by atoms with Gasteiger partial charge in [-0.3, -0.25) is 0 Å². The smallest absolute Gasteiger partial charge is 0.345 e. The minimum atomic E-state index is -0.681. The maximum Gasteiger partial charge on any atom is 0.345 e. The van der Waals surface area contributed by atoms with Crippen LogP contribution in [0.15, 0.2) is 38.6 Å². The van der Waals surface area contributed by atoms with Crippen LogP contribution in [0.25, 0.3) is 21.4 Å². The van der Waals surface area contributed by atoms with Crippen LogP contribution in [0.1, 0.15) is 5.56 Å². The van der Waals surface area contributed by atoms with Gasteiger partial charge in [0, 0.05) is 15.9 Å². The van der Waals surface area contributed by atoms with E-state index in [1.54, 1.807) is 18.2 Å². The molecule has 1 heterocycles. The zero-order valence-corrected chi connectivity index (χ0v) is 8.04. The van der Waals surface area contributed by atoms with Crippen LogP contribution in [0.5, 0.6) is 0 Å². The van der Waals surface area contributed by atoms with E-state index >= 15 is 0 Å². The van der Waals surface area contributed by atoms with Crippen molar-refractivity contribution in [1.29, 1.82) is 0 Å². The monoisotopic (exact) mass is 211 g/mol. The zero-order chi connectivity index (χ0) is 11.5. The van der Waals surface area contributed by atoms with E-state index in [9.17, 15) is 4.79 Å². The van der Waals surface area contributed by atoms with Crippen LogP contribution in [0, 0.1) is 12.3 Å². The molecular formula is C11H5N3O2. The molecular weight excluding hydrogens is 206 g/mol. The summed E-state index contributed by atoms with van der Waals surface area (Å²) in [6.45, 7) is 0. The highest BCUT2D eigenvalue weighted by molar-refractivity contribution is 5.80. The van der Waals surface area contributed by atoms with Crippen molar-refractivity contribution in [3.63, 3.8) is 0 Å². The Labute approximate surface area is 89.9 Å². The molecule has 0 aliphatic rings. The predicted octanol–water partition coefficient (Wildman–Crippen LogP) is 2.72. The fourth-order valence-corrected chi connectivity index (χ4v) is 1.31. The normalized spacial score (nSPS) is 9.44. The summed E-state index contributed by atoms with van der Waals surface area (Å²) < 4.78 is 4.97. The summed E-state index contributed by atoms with van der Waals surface area (Å²) in [6.07, 6.45) is 5.22. The number of fused-ring (bicyclic) bond motifs is 1. The third kappa shape index (κ3) is 1.61. The Morgan fingerprint density at radius 1 is 1.44 bits per heavy atom. The third-order valence-electron chi connectivity index (χ3n) is 2.04. The van der Waals surface area contributed by atoms with Gasteiger partial charge in [0.25, 0.3) is 0 Å². The van der Waals surface area contributed by atoms with E-state index < -0.39 is 5.63 Å². The Morgan fingerprint density at radius 2 is 2.25 bits per heavy atom. The summed E-state index contributed by atoms with van der Waals surface area (Å²) in [4.78, 5) is 13.9. The van der Waals surface area contributed by atoms with E-state index in [1.807, 2.05) is 0 Å². The van der Waals surface area contributed by atoms with Crippen molar-refractivity contribution in [3.8, 4) is 12.3 Å². The molecule has 1 aromatic carbocycles. The van der Waals surface area contributed by atoms with E-state index in [4.69, 9.17) is 16.4 Å². The van der Waals surface area contributed by atoms with Crippen LogP contribution < -0.4 is 5.63 Å². The average Bonchev–Trinajstić information content (AvgIpc) is 2.30. The topological polar surface area (TPSA) is 79.0 Å². The lowest BCUT2D eigenvalue weighted by atomic mass is 10.1. The van der Waals surface area contributed by atoms with Crippen LogP contribution in [0.4, 0.5) is 5.69 Å². The largest absolute Gasteiger partial charge is 0.422 e. The van der Waals surface area contributed by atoms with Gasteiger partial charge in [-0.25, -0.2) is 4.79 Å². The fourth-order valence-electron chi connectivity index (χ4n) is 1.31. The number of hydrogen-bond acceptors (Lipinski definition) is 3. The Bertz CT molecular complexity index is 703. The summed E-state index contributed by atoms with van der Waals surface area (Å²) in [5.74, 6) is 2.43. The quantitative estimate of drug-likeness (QED) is 0.239. The summed E-state index contributed by atoms with van der Waals surface area (Å²) in [6, 6.07) is 6.45. The fraction of sp³-hybridized carbons (Fsp3) is 0. The van der Waals surface area contributed by atoms with Crippen molar-refractivity contribution in [2.75, 3.05) is 0 Å². The van der Waals surface area contributed by atoms with Gasteiger partial charge >= 0.3 is 5.63 Å². The van der Waals surface area contributed by atoms with Crippen molar-refractivity contribution >= 4 is 16.7 Å². The summed E-state index contributed by atoms with van der Waals surface area (Å²) in [5.41, 5.74) is 8.49. The molecule has 1 aromatic heterocycles. The number of azide groups is 1. The minimum Gasteiger partial charge on any atom is -0.422 e. The highest BCUT2D eigenvalue weighted by Crippen LogP contribution is 2.18. The number of nitrogens with zero attached hydrogens (tertiary/aromatic N) is 3. The van der Waals surface area contributed by atoms with Gasteiger partial charge in [0.2, 0.25) is 0 Å². The number of terminal acetylenes is 1. The second-order valence-corrected chi connectivity index (χ2v) is 3.01. The molecule has 2 aromatic rings. The Kier molecular flexibility index (Phi) is 2.34. The molecule has 0 bridgehead atoms. The van der Waals surface area contributed by atoms with Crippen LogP contribution >= 0.6 is 0 Å². The summed E-state index contributed by atoms with van der Waals surface area (Å²) in [5, 5.41) is 3.89. The minimum absolute atomic E-state index is 0.0662. The van der Waals surface area contributed by atoms with E-state index in [-0.39, 0.29) is 5.69 Å². The van der Waals surface area contributed by atoms with Gasteiger partial charge in [-0.05, 0) is 29.8 Å². The number of hydrogen-bond donors (Lipinski definition) is 0. The molecule has 0 amide bonds. The first-order valence-electron chi connectivity index (χ1n) is 4.34. The van der Waals surface area contributed by atoms with Gasteiger partial charge in [0.15, 0.2) is 0 Å². The SMILES string of the molecule is C#Cc1ccc2cc(N=[N+]=[N-])c(=O)oc2c1. The Balaban J connectivity index is 2.79. The van der Waals surface area contributed by atoms with Crippen LogP contribution in [0.2, 0.25) is 0 Å². The van der Waals surface area contributed by atoms with E-state index in [1.165, 1.54) is 6.07 Å². The Morgan fingerprint density at radius 3 is 2.94 bits per heavy atom. The molecule has 0 spiro atoms. The molecule has 0 radical (unpaired) electrons. The van der Waals surface area contributed by atoms with E-state index in [0.717, 1.165) is 0 Å². The second kappa shape index (κ2) is 3.81. The molecule has 0 unspecified atom stereocenters. The molecule has 0 saturated carbocycles. The van der Waals surface area contributed by atoms with Gasteiger partial charge < -0.3 is 4.42 Å². The second-order valence-electron chi connectivity index (χ2n) is 3.01. The van der Waals surface area contributed by atoms with Crippen molar-refractivity contribution < 1.29 is 4.42 Å². The van der Waals surface area contributed by atoms with Gasteiger partial charge in [0.05, 0.1) is 0 Å². The highest BCUT2D eigenvalue weighted by atomic mass is 16.4. The Hall–Kier alpha value is -2.70. The van der Waals surface area contributed by atoms with E-state index in [0.29, 0.717) is 16.5 Å². The molecule has 0 saturated heterocycles. The van der Waals surface area contributed by atoms with Crippen LogP contribution in [0.3, 0.4) is 0 Å². The standard InChI is InChI=1S/C11H5N3O2/c1-2-7-3-4-8-6-9(13-14-12)11(15)16-10(8)5-7/h1,3-6H. The average molecular weight is 211 g/mol. The first-order chi connectivity index (χ1) is 7.74. The summed E-state index contributed by atoms with van der Waals surface area (Å²) in [7, 11) is 0. The maximum absolute atomic E-state index is 11.3. The number of rotatable bonds is 1. The van der Waals surface area contributed by atoms with Gasteiger partial charge in [-0.2, -0.15) is 0 Å². The molecule has 0 aliphatic carbocycles. The molecule has 0 fully saturated rings. The van der Waals surface area contributed by atoms with Crippen molar-refractivity contribution in [1.82, 2.24) is 0 Å². The third-order valence-corrected chi connectivity index (χ3v) is 2.04. The lowest BCUT2D eigenvalue weighted by molar-refractivity contribution is 0.562. The zero-order valence-electron chi connectivity index (χ0n) is 8.04. The molecule has 0 atom stereocenters. The van der Waals surface area contributed by atoms with Gasteiger partial charge in [-0.1, -0.05) is 11.0 Å². The van der Waals surface area contributed by atoms with Crippen molar-refractivity contribution in [3.05, 3.63) is 50.7 Å². The highest BCUT2D eigenvalue weighted by Gasteiger charge is 2.03. The van der Waals surface area contributed by atoms with Crippen LogP contribution in [-0.4, -0.2) is 0 Å². The maximum atomic E-state index is 11.3. The first kappa shape index (κ1) is 9.84. The molecule has 16 heavy (non-hydrogen) atoms. The lowest BCUT2D eigenvalue weighted by Gasteiger charge is -1.98. The number of benzene rings is 1. The molecule has 0 N–H and O–H groups in total. The molecule has 2 rings (SSSR count). The lowest BCUT2D eigenvalue weighted by Crippen LogP contribution is -1.97. The summed E-state index contributed by atoms with van der Waals surface area (Å²) >= 11 is 0. The van der Waals surface area contributed by atoms with Gasteiger partial charge in [0.1, 0.15) is 11.3 Å². The van der Waals surface area contributed by atoms with Crippen molar-refractivity contribution in [2.45, 2.75) is 0 Å². The molecule has 5 nitrogen and oxygen atoms in total. The molecule has 5 heteroatoms. The van der Waals surface area contributed by atoms with Crippen molar-refractivity contribution in [2.24, 2.45) is 5.11 Å². The van der Waals surface area contributed by atoms with Gasteiger partial charge in [-0.15, -0.1) is 6.42 Å². The molecule has 0 aliphatic heterocycles. The van der Waals surface area contributed by atoms with Crippen LogP contribution in [-0.2, 0) is 0 Å². The predicted molar refractivity (Wildman–Crippen MR) is 59.2 cm³/mol. The molecule has 76 valence electrons. The van der Waals surface area contributed by atoms with E-state index in [2.05, 4.69) is 15.9 Å².